The summed E-state index contributed by atoms with van der Waals surface area (Å²) in [4.78, 5) is 16.2. The van der Waals surface area contributed by atoms with Crippen LogP contribution in [0.15, 0.2) is 49.1 Å². The second kappa shape index (κ2) is 8.19. The van der Waals surface area contributed by atoms with Crippen LogP contribution in [-0.2, 0) is 0 Å². The fourth-order valence-corrected chi connectivity index (χ4v) is 2.22. The molecule has 0 aliphatic rings. The minimum Gasteiger partial charge on any atom is -0.491 e. The van der Waals surface area contributed by atoms with Crippen LogP contribution in [0.5, 0.6) is 5.75 Å². The molecule has 1 N–H and O–H groups in total. The minimum absolute atomic E-state index is 0.219. The first-order chi connectivity index (χ1) is 12.7. The SMILES string of the molecule is CCC(C)COc1ccc(NC(=O)c2ccncc2)cc1-n1cnnn1. The molecule has 0 spiro atoms. The van der Waals surface area contributed by atoms with Gasteiger partial charge in [0.1, 0.15) is 17.8 Å². The van der Waals surface area contributed by atoms with Crippen molar-refractivity contribution in [2.75, 3.05) is 11.9 Å². The summed E-state index contributed by atoms with van der Waals surface area (Å²) in [5, 5.41) is 14.1. The molecule has 3 aromatic rings. The first-order valence-corrected chi connectivity index (χ1v) is 8.39. The Morgan fingerprint density at radius 1 is 1.27 bits per heavy atom. The third kappa shape index (κ3) is 4.21. The van der Waals surface area contributed by atoms with E-state index in [1.807, 2.05) is 6.07 Å². The summed E-state index contributed by atoms with van der Waals surface area (Å²) in [6, 6.07) is 8.68. The molecule has 0 fully saturated rings. The van der Waals surface area contributed by atoms with Crippen LogP contribution in [0.25, 0.3) is 5.69 Å². The zero-order chi connectivity index (χ0) is 18.4. The molecule has 0 bridgehead atoms. The molecule has 3 rings (SSSR count). The van der Waals surface area contributed by atoms with Crippen LogP contribution < -0.4 is 10.1 Å². The van der Waals surface area contributed by atoms with Gasteiger partial charge in [0.2, 0.25) is 0 Å². The van der Waals surface area contributed by atoms with E-state index in [0.29, 0.717) is 35.2 Å². The number of rotatable bonds is 7. The number of ether oxygens (including phenoxy) is 1. The van der Waals surface area contributed by atoms with Crippen LogP contribution in [0.1, 0.15) is 30.6 Å². The quantitative estimate of drug-likeness (QED) is 0.702. The van der Waals surface area contributed by atoms with Gasteiger partial charge in [0, 0.05) is 23.6 Å². The number of hydrogen-bond acceptors (Lipinski definition) is 6. The van der Waals surface area contributed by atoms with Crippen molar-refractivity contribution in [1.29, 1.82) is 0 Å². The summed E-state index contributed by atoms with van der Waals surface area (Å²) in [5.74, 6) is 0.866. The van der Waals surface area contributed by atoms with E-state index < -0.39 is 0 Å². The predicted octanol–water partition coefficient (Wildman–Crippen LogP) is 2.73. The molecule has 1 atom stereocenters. The lowest BCUT2D eigenvalue weighted by molar-refractivity contribution is 0.102. The van der Waals surface area contributed by atoms with Gasteiger partial charge in [0.05, 0.1) is 6.61 Å². The first kappa shape index (κ1) is 17.5. The summed E-state index contributed by atoms with van der Waals surface area (Å²) in [7, 11) is 0. The van der Waals surface area contributed by atoms with Gasteiger partial charge in [-0.2, -0.15) is 4.68 Å². The van der Waals surface area contributed by atoms with Gasteiger partial charge in [0.25, 0.3) is 5.91 Å². The number of nitrogens with one attached hydrogen (secondary N) is 1. The molecule has 0 saturated carbocycles. The molecule has 8 heteroatoms. The Bertz CT molecular complexity index is 851. The van der Waals surface area contributed by atoms with Crippen molar-refractivity contribution in [2.24, 2.45) is 5.92 Å². The number of carbonyl (C=O) groups excluding carboxylic acids is 1. The first-order valence-electron chi connectivity index (χ1n) is 8.39. The molecule has 1 unspecified atom stereocenters. The van der Waals surface area contributed by atoms with Gasteiger partial charge in [-0.1, -0.05) is 20.3 Å². The van der Waals surface area contributed by atoms with Crippen molar-refractivity contribution in [2.45, 2.75) is 20.3 Å². The molecule has 2 aromatic heterocycles. The average molecular weight is 352 g/mol. The highest BCUT2D eigenvalue weighted by Crippen LogP contribution is 2.27. The lowest BCUT2D eigenvalue weighted by atomic mass is 10.1. The van der Waals surface area contributed by atoms with Crippen molar-refractivity contribution >= 4 is 11.6 Å². The normalized spacial score (nSPS) is 11.8. The van der Waals surface area contributed by atoms with Gasteiger partial charge >= 0.3 is 0 Å². The highest BCUT2D eigenvalue weighted by Gasteiger charge is 2.12. The molecule has 0 saturated heterocycles. The Balaban J connectivity index is 1.84. The number of pyridine rings is 1. The van der Waals surface area contributed by atoms with Crippen molar-refractivity contribution in [3.05, 3.63) is 54.6 Å². The summed E-state index contributed by atoms with van der Waals surface area (Å²) < 4.78 is 7.43. The van der Waals surface area contributed by atoms with Gasteiger partial charge in [-0.25, -0.2) is 0 Å². The molecule has 2 heterocycles. The molecule has 0 aliphatic carbocycles. The van der Waals surface area contributed by atoms with Crippen LogP contribution in [0.3, 0.4) is 0 Å². The van der Waals surface area contributed by atoms with Crippen molar-refractivity contribution in [1.82, 2.24) is 25.2 Å². The summed E-state index contributed by atoms with van der Waals surface area (Å²) in [5.41, 5.74) is 1.81. The van der Waals surface area contributed by atoms with Crippen LogP contribution >= 0.6 is 0 Å². The smallest absolute Gasteiger partial charge is 0.255 e. The second-order valence-corrected chi connectivity index (χ2v) is 5.95. The van der Waals surface area contributed by atoms with Crippen LogP contribution in [0.4, 0.5) is 5.69 Å². The Kier molecular flexibility index (Phi) is 5.52. The summed E-state index contributed by atoms with van der Waals surface area (Å²) >= 11 is 0. The molecule has 26 heavy (non-hydrogen) atoms. The predicted molar refractivity (Wildman–Crippen MR) is 96.3 cm³/mol. The lowest BCUT2D eigenvalue weighted by Gasteiger charge is -2.15. The molecule has 1 amide bonds. The van der Waals surface area contributed by atoms with Crippen molar-refractivity contribution < 1.29 is 9.53 Å². The summed E-state index contributed by atoms with van der Waals surface area (Å²) in [6.07, 6.45) is 5.67. The zero-order valence-electron chi connectivity index (χ0n) is 14.7. The van der Waals surface area contributed by atoms with E-state index in [-0.39, 0.29) is 5.91 Å². The third-order valence-electron chi connectivity index (χ3n) is 3.98. The van der Waals surface area contributed by atoms with Gasteiger partial charge in [0.15, 0.2) is 0 Å². The minimum atomic E-state index is -0.219. The van der Waals surface area contributed by atoms with E-state index in [2.05, 4.69) is 39.7 Å². The number of hydrogen-bond donors (Lipinski definition) is 1. The largest absolute Gasteiger partial charge is 0.491 e. The standard InChI is InChI=1S/C18H20N6O2/c1-3-13(2)11-26-17-5-4-15(10-16(17)24-12-20-22-23-24)21-18(25)14-6-8-19-9-7-14/h4-10,12-13H,3,11H2,1-2H3,(H,21,25). The number of nitrogens with zero attached hydrogens (tertiary/aromatic N) is 5. The Labute approximate surface area is 151 Å². The van der Waals surface area contributed by atoms with E-state index in [4.69, 9.17) is 4.74 Å². The molecule has 1 aromatic carbocycles. The number of carbonyl (C=O) groups is 1. The van der Waals surface area contributed by atoms with Crippen LogP contribution in [0.2, 0.25) is 0 Å². The van der Waals surface area contributed by atoms with E-state index in [0.717, 1.165) is 6.42 Å². The molecular weight excluding hydrogens is 332 g/mol. The number of benzene rings is 1. The fraction of sp³-hybridized carbons (Fsp3) is 0.278. The van der Waals surface area contributed by atoms with Crippen LogP contribution in [0, 0.1) is 5.92 Å². The van der Waals surface area contributed by atoms with Crippen molar-refractivity contribution in [3.63, 3.8) is 0 Å². The highest BCUT2D eigenvalue weighted by molar-refractivity contribution is 6.04. The van der Waals surface area contributed by atoms with E-state index in [9.17, 15) is 4.79 Å². The third-order valence-corrected chi connectivity index (χ3v) is 3.98. The number of tetrazole rings is 1. The van der Waals surface area contributed by atoms with Gasteiger partial charge in [-0.05, 0) is 46.7 Å². The summed E-state index contributed by atoms with van der Waals surface area (Å²) in [6.45, 7) is 4.84. The van der Waals surface area contributed by atoms with Gasteiger partial charge < -0.3 is 10.1 Å². The Morgan fingerprint density at radius 3 is 2.77 bits per heavy atom. The number of amides is 1. The van der Waals surface area contributed by atoms with Gasteiger partial charge in [-0.3, -0.25) is 9.78 Å². The Hall–Kier alpha value is -3.29. The molecular formula is C18H20N6O2. The van der Waals surface area contributed by atoms with Crippen LogP contribution in [-0.4, -0.2) is 37.7 Å². The maximum Gasteiger partial charge on any atom is 0.255 e. The van der Waals surface area contributed by atoms with Crippen molar-refractivity contribution in [3.8, 4) is 11.4 Å². The highest BCUT2D eigenvalue weighted by atomic mass is 16.5. The average Bonchev–Trinajstić information content (AvgIpc) is 3.22. The Morgan fingerprint density at radius 2 is 2.08 bits per heavy atom. The lowest BCUT2D eigenvalue weighted by Crippen LogP contribution is -2.13. The number of aromatic nitrogens is 5. The van der Waals surface area contributed by atoms with E-state index >= 15 is 0 Å². The molecule has 0 radical (unpaired) electrons. The molecule has 0 aliphatic heterocycles. The van der Waals surface area contributed by atoms with Gasteiger partial charge in [-0.15, -0.1) is 5.10 Å². The second-order valence-electron chi connectivity index (χ2n) is 5.95. The van der Waals surface area contributed by atoms with E-state index in [1.54, 1.807) is 36.7 Å². The fourth-order valence-electron chi connectivity index (χ4n) is 2.22. The zero-order valence-corrected chi connectivity index (χ0v) is 14.7. The topological polar surface area (TPSA) is 94.8 Å². The molecule has 8 nitrogen and oxygen atoms in total. The maximum absolute atomic E-state index is 12.3. The van der Waals surface area contributed by atoms with E-state index in [1.165, 1.54) is 11.0 Å². The number of anilines is 1. The maximum atomic E-state index is 12.3. The molecule has 134 valence electrons. The monoisotopic (exact) mass is 352 g/mol.